The molecule has 0 spiro atoms. The number of likely N-dealkylation sites (tertiary alicyclic amines) is 1. The average Bonchev–Trinajstić information content (AvgIpc) is 3.55. The van der Waals surface area contributed by atoms with E-state index < -0.39 is 0 Å². The number of imidazole rings is 1. The Balaban J connectivity index is 1.42. The number of rotatable bonds is 8. The van der Waals surface area contributed by atoms with Crippen LogP contribution in [0.3, 0.4) is 0 Å². The highest BCUT2D eigenvalue weighted by Gasteiger charge is 2.45. The topological polar surface area (TPSA) is 64.3 Å². The first-order valence-electron chi connectivity index (χ1n) is 14.8. The van der Waals surface area contributed by atoms with Crippen molar-refractivity contribution < 1.29 is 4.79 Å². The normalized spacial score (nSPS) is 20.5. The van der Waals surface area contributed by atoms with Gasteiger partial charge < -0.3 is 15.2 Å². The number of hydrogen-bond donors (Lipinski definition) is 2. The van der Waals surface area contributed by atoms with Crippen LogP contribution < -0.4 is 5.32 Å². The Morgan fingerprint density at radius 3 is 2.69 bits per heavy atom. The number of hydrogen-bond acceptors (Lipinski definition) is 4. The summed E-state index contributed by atoms with van der Waals surface area (Å²) in [6.45, 7) is 9.05. The third kappa shape index (κ3) is 5.86. The number of H-pyrrole nitrogens is 1. The van der Waals surface area contributed by atoms with Gasteiger partial charge in [-0.05, 0) is 73.7 Å². The van der Waals surface area contributed by atoms with E-state index in [-0.39, 0.29) is 17.4 Å². The Hall–Kier alpha value is -3.16. The molecule has 4 aromatic rings. The van der Waals surface area contributed by atoms with Crippen LogP contribution in [0.1, 0.15) is 52.6 Å². The summed E-state index contributed by atoms with van der Waals surface area (Å²) in [6, 6.07) is 21.9. The first kappa shape index (κ1) is 28.9. The number of aromatic nitrogens is 2. The van der Waals surface area contributed by atoms with Crippen LogP contribution in [-0.2, 0) is 11.8 Å². The molecule has 218 valence electrons. The van der Waals surface area contributed by atoms with Crippen molar-refractivity contribution in [3.8, 4) is 0 Å². The van der Waals surface area contributed by atoms with Gasteiger partial charge in [-0.15, -0.1) is 6.58 Å². The molecule has 8 heteroatoms. The maximum atomic E-state index is 13.6. The summed E-state index contributed by atoms with van der Waals surface area (Å²) in [5, 5.41) is 4.63. The fourth-order valence-electron chi connectivity index (χ4n) is 6.69. The number of aromatic amines is 1. The van der Waals surface area contributed by atoms with E-state index in [1.807, 2.05) is 53.4 Å². The molecule has 2 aliphatic heterocycles. The molecule has 2 atom stereocenters. The van der Waals surface area contributed by atoms with Crippen LogP contribution in [0.2, 0.25) is 10.0 Å². The number of carbonyl (C=O) groups excluding carboxylic acids is 1. The number of amides is 1. The molecule has 2 aliphatic rings. The summed E-state index contributed by atoms with van der Waals surface area (Å²) in [4.78, 5) is 27.1. The number of fused-ring (bicyclic) bond motifs is 1. The number of nitrogens with zero attached hydrogens (tertiary/aromatic N) is 3. The van der Waals surface area contributed by atoms with Gasteiger partial charge in [-0.1, -0.05) is 65.7 Å². The molecule has 2 fully saturated rings. The van der Waals surface area contributed by atoms with E-state index in [0.717, 1.165) is 74.3 Å². The highest BCUT2D eigenvalue weighted by atomic mass is 35.5. The van der Waals surface area contributed by atoms with Crippen molar-refractivity contribution in [2.75, 3.05) is 39.3 Å². The van der Waals surface area contributed by atoms with Crippen LogP contribution in [0.25, 0.3) is 11.0 Å². The lowest BCUT2D eigenvalue weighted by molar-refractivity contribution is 0.0775. The first-order valence-corrected chi connectivity index (χ1v) is 15.6. The van der Waals surface area contributed by atoms with Crippen LogP contribution in [0.4, 0.5) is 0 Å². The molecule has 6 nitrogen and oxygen atoms in total. The van der Waals surface area contributed by atoms with Crippen LogP contribution in [0, 0.1) is 0 Å². The van der Waals surface area contributed by atoms with Crippen molar-refractivity contribution in [3.63, 3.8) is 0 Å². The standard InChI is InChI=1S/C34H37Cl2N5O/c1-2-8-24-11-6-12-29-31(24)39-32(38-29)30(40-18-7-16-37-17-20-40)22-34(26-13-14-27(35)28(36)21-26)15-19-41(23-34)33(42)25-9-4-3-5-10-25/h2-6,9-14,21,30,37H,1,7-8,15-20,22-23H2,(H,38,39). The molecule has 2 N–H and O–H groups in total. The second kappa shape index (κ2) is 12.6. The van der Waals surface area contributed by atoms with Crippen molar-refractivity contribution >= 4 is 40.1 Å². The van der Waals surface area contributed by atoms with E-state index in [1.165, 1.54) is 5.56 Å². The van der Waals surface area contributed by atoms with Gasteiger partial charge in [-0.2, -0.15) is 0 Å². The smallest absolute Gasteiger partial charge is 0.253 e. The lowest BCUT2D eigenvalue weighted by atomic mass is 9.74. The summed E-state index contributed by atoms with van der Waals surface area (Å²) in [5.74, 6) is 1.03. The van der Waals surface area contributed by atoms with E-state index >= 15 is 0 Å². The molecule has 3 aromatic carbocycles. The van der Waals surface area contributed by atoms with Crippen molar-refractivity contribution in [2.24, 2.45) is 0 Å². The fourth-order valence-corrected chi connectivity index (χ4v) is 6.99. The Morgan fingerprint density at radius 2 is 1.88 bits per heavy atom. The summed E-state index contributed by atoms with van der Waals surface area (Å²) >= 11 is 13.0. The highest BCUT2D eigenvalue weighted by molar-refractivity contribution is 6.42. The van der Waals surface area contributed by atoms with Crippen molar-refractivity contribution in [1.29, 1.82) is 0 Å². The van der Waals surface area contributed by atoms with Crippen molar-refractivity contribution in [3.05, 3.63) is 112 Å². The molecular weight excluding hydrogens is 565 g/mol. The summed E-state index contributed by atoms with van der Waals surface area (Å²) in [7, 11) is 0. The van der Waals surface area contributed by atoms with Gasteiger partial charge in [-0.25, -0.2) is 4.98 Å². The minimum Gasteiger partial charge on any atom is -0.341 e. The molecule has 1 aromatic heterocycles. The molecular formula is C34H37Cl2N5O. The number of carbonyl (C=O) groups is 1. The first-order chi connectivity index (χ1) is 20.5. The van der Waals surface area contributed by atoms with E-state index in [2.05, 4.69) is 46.0 Å². The Bertz CT molecular complexity index is 1560. The number of allylic oxidation sites excluding steroid dienone is 1. The molecule has 42 heavy (non-hydrogen) atoms. The van der Waals surface area contributed by atoms with Crippen LogP contribution in [0.15, 0.2) is 79.4 Å². The van der Waals surface area contributed by atoms with Crippen LogP contribution in [-0.4, -0.2) is 64.9 Å². The third-order valence-corrected chi connectivity index (χ3v) is 9.63. The van der Waals surface area contributed by atoms with Gasteiger partial charge in [0, 0.05) is 43.7 Å². The Morgan fingerprint density at radius 1 is 1.02 bits per heavy atom. The molecule has 0 saturated carbocycles. The third-order valence-electron chi connectivity index (χ3n) is 8.89. The van der Waals surface area contributed by atoms with Gasteiger partial charge in [0.05, 0.1) is 27.1 Å². The van der Waals surface area contributed by atoms with Crippen LogP contribution >= 0.6 is 23.2 Å². The summed E-state index contributed by atoms with van der Waals surface area (Å²) in [5.41, 5.74) is 4.71. The SMILES string of the molecule is C=CCc1cccc2[nH]c(C(CC3(c4ccc(Cl)c(Cl)c4)CCN(C(=O)c4ccccc4)C3)N3CCCNCC3)nc12. The molecule has 0 aliphatic carbocycles. The van der Waals surface area contributed by atoms with Gasteiger partial charge in [0.2, 0.25) is 0 Å². The molecule has 6 rings (SSSR count). The number of benzene rings is 3. The number of halogens is 2. The van der Waals surface area contributed by atoms with Crippen LogP contribution in [0.5, 0.6) is 0 Å². The molecule has 2 unspecified atom stereocenters. The molecule has 0 radical (unpaired) electrons. The molecule has 2 saturated heterocycles. The quantitative estimate of drug-likeness (QED) is 0.218. The van der Waals surface area contributed by atoms with E-state index in [4.69, 9.17) is 28.2 Å². The molecule has 3 heterocycles. The summed E-state index contributed by atoms with van der Waals surface area (Å²) < 4.78 is 0. The Labute approximate surface area is 257 Å². The second-order valence-corrected chi connectivity index (χ2v) is 12.4. The van der Waals surface area contributed by atoms with Gasteiger partial charge >= 0.3 is 0 Å². The second-order valence-electron chi connectivity index (χ2n) is 11.5. The van der Waals surface area contributed by atoms with E-state index in [9.17, 15) is 4.79 Å². The minimum absolute atomic E-state index is 0.0233. The van der Waals surface area contributed by atoms with Gasteiger partial charge in [0.1, 0.15) is 5.82 Å². The van der Waals surface area contributed by atoms with Crippen molar-refractivity contribution in [1.82, 2.24) is 25.1 Å². The number of nitrogens with one attached hydrogen (secondary N) is 2. The zero-order valence-corrected chi connectivity index (χ0v) is 25.3. The average molecular weight is 603 g/mol. The van der Waals surface area contributed by atoms with Crippen molar-refractivity contribution in [2.45, 2.75) is 37.1 Å². The fraction of sp³-hybridized carbons (Fsp3) is 0.353. The largest absolute Gasteiger partial charge is 0.341 e. The predicted octanol–water partition coefficient (Wildman–Crippen LogP) is 6.81. The highest BCUT2D eigenvalue weighted by Crippen LogP contribution is 2.45. The van der Waals surface area contributed by atoms with Gasteiger partial charge in [-0.3, -0.25) is 9.69 Å². The molecule has 1 amide bonds. The van der Waals surface area contributed by atoms with E-state index in [0.29, 0.717) is 28.7 Å². The maximum absolute atomic E-state index is 13.6. The lowest BCUT2D eigenvalue weighted by Crippen LogP contribution is -2.40. The Kier molecular flexibility index (Phi) is 8.68. The van der Waals surface area contributed by atoms with Gasteiger partial charge in [0.25, 0.3) is 5.91 Å². The summed E-state index contributed by atoms with van der Waals surface area (Å²) in [6.07, 6.45) is 5.38. The lowest BCUT2D eigenvalue weighted by Gasteiger charge is -2.38. The maximum Gasteiger partial charge on any atom is 0.253 e. The van der Waals surface area contributed by atoms with Gasteiger partial charge in [0.15, 0.2) is 0 Å². The number of para-hydroxylation sites is 1. The predicted molar refractivity (Wildman–Crippen MR) is 172 cm³/mol. The monoisotopic (exact) mass is 601 g/mol. The van der Waals surface area contributed by atoms with E-state index in [1.54, 1.807) is 0 Å². The minimum atomic E-state index is -0.327. The molecule has 0 bridgehead atoms. The zero-order valence-electron chi connectivity index (χ0n) is 23.8. The zero-order chi connectivity index (χ0) is 29.1.